The summed E-state index contributed by atoms with van der Waals surface area (Å²) in [5, 5.41) is 11.9. The van der Waals surface area contributed by atoms with Gasteiger partial charge in [0, 0.05) is 5.56 Å². The Labute approximate surface area is 125 Å². The summed E-state index contributed by atoms with van der Waals surface area (Å²) in [6, 6.07) is 6.73. The molecule has 1 aromatic carbocycles. The van der Waals surface area contributed by atoms with Gasteiger partial charge in [0.05, 0.1) is 6.10 Å². The second-order valence-electron chi connectivity index (χ2n) is 5.54. The van der Waals surface area contributed by atoms with Gasteiger partial charge in [0.1, 0.15) is 11.3 Å². The predicted octanol–water partition coefficient (Wildman–Crippen LogP) is 2.85. The van der Waals surface area contributed by atoms with Crippen LogP contribution in [0, 0.1) is 0 Å². The van der Waals surface area contributed by atoms with E-state index >= 15 is 0 Å². The van der Waals surface area contributed by atoms with E-state index in [9.17, 15) is 14.7 Å². The lowest BCUT2D eigenvalue weighted by Gasteiger charge is -2.25. The molecule has 5 heteroatoms. The number of carboxylic acid groups (broad SMARTS) is 1. The Morgan fingerprint density at radius 1 is 1.38 bits per heavy atom. The molecule has 5 nitrogen and oxygen atoms in total. The van der Waals surface area contributed by atoms with Crippen molar-refractivity contribution in [3.63, 3.8) is 0 Å². The molecule has 0 heterocycles. The molecule has 0 aliphatic heterocycles. The summed E-state index contributed by atoms with van der Waals surface area (Å²) < 4.78 is 5.53. The lowest BCUT2D eigenvalue weighted by Crippen LogP contribution is -2.52. The molecule has 116 valence electrons. The Morgan fingerprint density at radius 2 is 2.05 bits per heavy atom. The molecule has 1 unspecified atom stereocenters. The van der Waals surface area contributed by atoms with Gasteiger partial charge in [-0.05, 0) is 45.4 Å². The van der Waals surface area contributed by atoms with E-state index in [0.717, 1.165) is 0 Å². The lowest BCUT2D eigenvalue weighted by molar-refractivity contribution is -0.144. The minimum Gasteiger partial charge on any atom is -0.491 e. The second kappa shape index (κ2) is 7.11. The molecule has 2 N–H and O–H groups in total. The molecule has 0 saturated carbocycles. The number of nitrogens with one attached hydrogen (secondary N) is 1. The third-order valence-corrected chi connectivity index (χ3v) is 3.08. The standard InChI is InChI=1S/C16H23NO4/c1-5-9-16(4,15(19)20)17-14(18)12-7-6-8-13(10-12)21-11(2)3/h6-8,10-11H,5,9H2,1-4H3,(H,17,18)(H,19,20). The molecule has 0 aliphatic rings. The van der Waals surface area contributed by atoms with Crippen molar-refractivity contribution in [2.75, 3.05) is 0 Å². The maximum absolute atomic E-state index is 12.2. The van der Waals surface area contributed by atoms with Crippen LogP contribution in [0.3, 0.4) is 0 Å². The normalized spacial score (nSPS) is 13.6. The number of carbonyl (C=O) groups is 2. The number of rotatable bonds is 7. The van der Waals surface area contributed by atoms with Gasteiger partial charge in [-0.3, -0.25) is 4.79 Å². The molecule has 0 spiro atoms. The molecule has 1 amide bonds. The fraction of sp³-hybridized carbons (Fsp3) is 0.500. The molecule has 0 aromatic heterocycles. The number of amides is 1. The van der Waals surface area contributed by atoms with Crippen LogP contribution >= 0.6 is 0 Å². The lowest BCUT2D eigenvalue weighted by atomic mass is 9.95. The van der Waals surface area contributed by atoms with E-state index in [2.05, 4.69) is 5.32 Å². The van der Waals surface area contributed by atoms with Crippen LogP contribution in [-0.2, 0) is 4.79 Å². The third kappa shape index (κ3) is 4.77. The van der Waals surface area contributed by atoms with E-state index in [-0.39, 0.29) is 6.10 Å². The predicted molar refractivity (Wildman–Crippen MR) is 80.6 cm³/mol. The van der Waals surface area contributed by atoms with E-state index < -0.39 is 17.4 Å². The highest BCUT2D eigenvalue weighted by Gasteiger charge is 2.34. The zero-order chi connectivity index (χ0) is 16.0. The number of aliphatic carboxylic acids is 1. The van der Waals surface area contributed by atoms with E-state index in [0.29, 0.717) is 24.2 Å². The fourth-order valence-electron chi connectivity index (χ4n) is 2.03. The minimum absolute atomic E-state index is 0.00712. The molecule has 0 fully saturated rings. The SMILES string of the molecule is CCCC(C)(NC(=O)c1cccc(OC(C)C)c1)C(=O)O. The molecule has 0 saturated heterocycles. The van der Waals surface area contributed by atoms with Crippen molar-refractivity contribution in [1.82, 2.24) is 5.32 Å². The maximum atomic E-state index is 12.2. The van der Waals surface area contributed by atoms with Crippen LogP contribution in [0.2, 0.25) is 0 Å². The van der Waals surface area contributed by atoms with Crippen molar-refractivity contribution < 1.29 is 19.4 Å². The Kier molecular flexibility index (Phi) is 5.76. The summed E-state index contributed by atoms with van der Waals surface area (Å²) in [4.78, 5) is 23.6. The summed E-state index contributed by atoms with van der Waals surface area (Å²) in [5.41, 5.74) is -0.877. The Hall–Kier alpha value is -2.04. The number of benzene rings is 1. The van der Waals surface area contributed by atoms with Crippen LogP contribution in [0.5, 0.6) is 5.75 Å². The Balaban J connectivity index is 2.90. The smallest absolute Gasteiger partial charge is 0.329 e. The van der Waals surface area contributed by atoms with E-state index in [1.165, 1.54) is 6.92 Å². The molecular formula is C16H23NO4. The Bertz CT molecular complexity index is 513. The Morgan fingerprint density at radius 3 is 2.57 bits per heavy atom. The zero-order valence-corrected chi connectivity index (χ0v) is 13.0. The van der Waals surface area contributed by atoms with Gasteiger partial charge in [0.2, 0.25) is 0 Å². The van der Waals surface area contributed by atoms with E-state index in [1.807, 2.05) is 20.8 Å². The molecule has 21 heavy (non-hydrogen) atoms. The van der Waals surface area contributed by atoms with Gasteiger partial charge in [-0.2, -0.15) is 0 Å². The third-order valence-electron chi connectivity index (χ3n) is 3.08. The van der Waals surface area contributed by atoms with Crippen molar-refractivity contribution in [2.24, 2.45) is 0 Å². The number of carboxylic acids is 1. The van der Waals surface area contributed by atoms with Gasteiger partial charge in [0.15, 0.2) is 0 Å². The minimum atomic E-state index is -1.26. The monoisotopic (exact) mass is 293 g/mol. The summed E-state index contributed by atoms with van der Waals surface area (Å²) >= 11 is 0. The van der Waals surface area contributed by atoms with Crippen molar-refractivity contribution in [2.45, 2.75) is 52.2 Å². The summed E-state index contributed by atoms with van der Waals surface area (Å²) in [6.45, 7) is 7.20. The van der Waals surface area contributed by atoms with Crippen molar-refractivity contribution in [3.8, 4) is 5.75 Å². The van der Waals surface area contributed by atoms with Crippen molar-refractivity contribution in [1.29, 1.82) is 0 Å². The summed E-state index contributed by atoms with van der Waals surface area (Å²) in [5.74, 6) is -0.861. The van der Waals surface area contributed by atoms with E-state index in [1.54, 1.807) is 24.3 Å². The maximum Gasteiger partial charge on any atom is 0.329 e. The number of hydrogen-bond acceptors (Lipinski definition) is 3. The molecule has 0 bridgehead atoms. The van der Waals surface area contributed by atoms with Gasteiger partial charge in [0.25, 0.3) is 5.91 Å². The highest BCUT2D eigenvalue weighted by molar-refractivity contribution is 5.98. The van der Waals surface area contributed by atoms with Gasteiger partial charge in [-0.25, -0.2) is 4.79 Å². The summed E-state index contributed by atoms with van der Waals surface area (Å²) in [6.07, 6.45) is 1.04. The first kappa shape index (κ1) is 17.0. The number of carbonyl (C=O) groups excluding carboxylic acids is 1. The average Bonchev–Trinajstić information content (AvgIpc) is 2.38. The molecule has 1 aromatic rings. The molecule has 1 atom stereocenters. The van der Waals surface area contributed by atoms with Crippen LogP contribution in [0.4, 0.5) is 0 Å². The molecule has 0 radical (unpaired) electrons. The number of ether oxygens (including phenoxy) is 1. The largest absolute Gasteiger partial charge is 0.491 e. The van der Waals surface area contributed by atoms with Crippen molar-refractivity contribution in [3.05, 3.63) is 29.8 Å². The van der Waals surface area contributed by atoms with Gasteiger partial charge in [-0.15, -0.1) is 0 Å². The quantitative estimate of drug-likeness (QED) is 0.810. The first-order valence-electron chi connectivity index (χ1n) is 7.11. The van der Waals surface area contributed by atoms with Crippen LogP contribution < -0.4 is 10.1 Å². The van der Waals surface area contributed by atoms with Gasteiger partial charge >= 0.3 is 5.97 Å². The first-order chi connectivity index (χ1) is 9.78. The van der Waals surface area contributed by atoms with Crippen molar-refractivity contribution >= 4 is 11.9 Å². The summed E-state index contributed by atoms with van der Waals surface area (Å²) in [7, 11) is 0. The second-order valence-corrected chi connectivity index (χ2v) is 5.54. The zero-order valence-electron chi connectivity index (χ0n) is 13.0. The molecule has 1 rings (SSSR count). The van der Waals surface area contributed by atoms with Crippen LogP contribution in [-0.4, -0.2) is 28.6 Å². The van der Waals surface area contributed by atoms with Crippen LogP contribution in [0.1, 0.15) is 50.9 Å². The van der Waals surface area contributed by atoms with Crippen LogP contribution in [0.15, 0.2) is 24.3 Å². The van der Waals surface area contributed by atoms with Crippen LogP contribution in [0.25, 0.3) is 0 Å². The average molecular weight is 293 g/mol. The first-order valence-corrected chi connectivity index (χ1v) is 7.11. The number of hydrogen-bond donors (Lipinski definition) is 2. The topological polar surface area (TPSA) is 75.6 Å². The van der Waals surface area contributed by atoms with E-state index in [4.69, 9.17) is 4.74 Å². The highest BCUT2D eigenvalue weighted by atomic mass is 16.5. The molecule has 0 aliphatic carbocycles. The highest BCUT2D eigenvalue weighted by Crippen LogP contribution is 2.17. The fourth-order valence-corrected chi connectivity index (χ4v) is 2.03. The molecular weight excluding hydrogens is 270 g/mol. The van der Waals surface area contributed by atoms with Gasteiger partial charge < -0.3 is 15.2 Å². The van der Waals surface area contributed by atoms with Gasteiger partial charge in [-0.1, -0.05) is 19.4 Å².